The maximum absolute atomic E-state index is 5.82. The Morgan fingerprint density at radius 2 is 1.63 bits per heavy atom. The van der Waals surface area contributed by atoms with Crippen molar-refractivity contribution in [3.63, 3.8) is 0 Å². The Bertz CT molecular complexity index is 546. The fourth-order valence-electron chi connectivity index (χ4n) is 1.58. The summed E-state index contributed by atoms with van der Waals surface area (Å²) in [5.41, 5.74) is 1.83. The first kappa shape index (κ1) is 13.1. The van der Waals surface area contributed by atoms with Gasteiger partial charge < -0.3 is 4.74 Å². The standard InChI is InChI=1S/C17H17NO/c1-3-14(2)19-17(15-10-6-4-7-11-15)18-16-12-8-5-9-13-16/h3-14H,1H2,2H3. The van der Waals surface area contributed by atoms with E-state index < -0.39 is 0 Å². The minimum absolute atomic E-state index is 0.0809. The molecule has 0 N–H and O–H groups in total. The zero-order valence-corrected chi connectivity index (χ0v) is 11.0. The summed E-state index contributed by atoms with van der Waals surface area (Å²) in [6, 6.07) is 19.7. The average Bonchev–Trinajstić information content (AvgIpc) is 2.48. The van der Waals surface area contributed by atoms with Gasteiger partial charge in [0.05, 0.1) is 5.69 Å². The first-order valence-electron chi connectivity index (χ1n) is 6.28. The van der Waals surface area contributed by atoms with E-state index in [1.807, 2.05) is 67.6 Å². The van der Waals surface area contributed by atoms with E-state index >= 15 is 0 Å². The van der Waals surface area contributed by atoms with E-state index in [1.165, 1.54) is 0 Å². The molecule has 1 atom stereocenters. The van der Waals surface area contributed by atoms with Crippen LogP contribution in [0, 0.1) is 0 Å². The Morgan fingerprint density at radius 1 is 1.05 bits per heavy atom. The molecule has 0 bridgehead atoms. The van der Waals surface area contributed by atoms with Crippen LogP contribution < -0.4 is 0 Å². The number of aliphatic imine (C=N–C) groups is 1. The van der Waals surface area contributed by atoms with Gasteiger partial charge in [0.1, 0.15) is 6.10 Å². The molecule has 0 aliphatic heterocycles. The maximum Gasteiger partial charge on any atom is 0.221 e. The van der Waals surface area contributed by atoms with Gasteiger partial charge in [-0.05, 0) is 31.2 Å². The second-order valence-electron chi connectivity index (χ2n) is 4.18. The molecule has 0 radical (unpaired) electrons. The van der Waals surface area contributed by atoms with E-state index in [0.717, 1.165) is 11.3 Å². The monoisotopic (exact) mass is 251 g/mol. The summed E-state index contributed by atoms with van der Waals surface area (Å²) in [7, 11) is 0. The van der Waals surface area contributed by atoms with Crippen LogP contribution >= 0.6 is 0 Å². The Morgan fingerprint density at radius 3 is 2.21 bits per heavy atom. The van der Waals surface area contributed by atoms with Crippen LogP contribution in [0.3, 0.4) is 0 Å². The van der Waals surface area contributed by atoms with E-state index in [4.69, 9.17) is 4.74 Å². The number of hydrogen-bond acceptors (Lipinski definition) is 2. The van der Waals surface area contributed by atoms with E-state index in [9.17, 15) is 0 Å². The van der Waals surface area contributed by atoms with E-state index in [2.05, 4.69) is 11.6 Å². The molecule has 0 aliphatic carbocycles. The molecule has 0 saturated carbocycles. The third-order valence-electron chi connectivity index (χ3n) is 2.64. The van der Waals surface area contributed by atoms with Crippen LogP contribution in [0.15, 0.2) is 78.3 Å². The van der Waals surface area contributed by atoms with E-state index in [-0.39, 0.29) is 6.10 Å². The van der Waals surface area contributed by atoms with Crippen molar-refractivity contribution in [1.29, 1.82) is 0 Å². The van der Waals surface area contributed by atoms with Crippen LogP contribution in [-0.4, -0.2) is 12.0 Å². The normalized spacial score (nSPS) is 12.8. The molecule has 2 heteroatoms. The smallest absolute Gasteiger partial charge is 0.221 e. The van der Waals surface area contributed by atoms with Gasteiger partial charge in [-0.1, -0.05) is 49.1 Å². The molecule has 0 fully saturated rings. The highest BCUT2D eigenvalue weighted by Gasteiger charge is 2.07. The lowest BCUT2D eigenvalue weighted by atomic mass is 10.2. The highest BCUT2D eigenvalue weighted by Crippen LogP contribution is 2.15. The van der Waals surface area contributed by atoms with Gasteiger partial charge in [0.25, 0.3) is 0 Å². The van der Waals surface area contributed by atoms with E-state index in [1.54, 1.807) is 6.08 Å². The minimum Gasteiger partial charge on any atom is -0.470 e. The third-order valence-corrected chi connectivity index (χ3v) is 2.64. The molecule has 1 unspecified atom stereocenters. The zero-order chi connectivity index (χ0) is 13.5. The second kappa shape index (κ2) is 6.55. The van der Waals surface area contributed by atoms with Gasteiger partial charge >= 0.3 is 0 Å². The third kappa shape index (κ3) is 3.81. The number of nitrogens with zero attached hydrogens (tertiary/aromatic N) is 1. The van der Waals surface area contributed by atoms with Crippen LogP contribution in [0.5, 0.6) is 0 Å². The molecule has 2 nitrogen and oxygen atoms in total. The number of hydrogen-bond donors (Lipinski definition) is 0. The van der Waals surface area contributed by atoms with Crippen molar-refractivity contribution in [2.45, 2.75) is 13.0 Å². The molecule has 0 spiro atoms. The summed E-state index contributed by atoms with van der Waals surface area (Å²) in [5.74, 6) is 0.610. The van der Waals surface area contributed by atoms with Crippen molar-refractivity contribution in [2.75, 3.05) is 0 Å². The summed E-state index contributed by atoms with van der Waals surface area (Å²) < 4.78 is 5.82. The number of benzene rings is 2. The lowest BCUT2D eigenvalue weighted by Crippen LogP contribution is -2.13. The van der Waals surface area contributed by atoms with Gasteiger partial charge in [-0.2, -0.15) is 0 Å². The van der Waals surface area contributed by atoms with Crippen molar-refractivity contribution < 1.29 is 4.74 Å². The predicted octanol–water partition coefficient (Wildman–Crippen LogP) is 4.36. The lowest BCUT2D eigenvalue weighted by molar-refractivity contribution is 0.257. The molecule has 0 amide bonds. The topological polar surface area (TPSA) is 21.6 Å². The molecule has 0 aliphatic rings. The molecule has 19 heavy (non-hydrogen) atoms. The first-order chi connectivity index (χ1) is 9.29. The summed E-state index contributed by atoms with van der Waals surface area (Å²) in [4.78, 5) is 4.56. The van der Waals surface area contributed by atoms with Gasteiger partial charge in [0.15, 0.2) is 0 Å². The summed E-state index contributed by atoms with van der Waals surface area (Å²) in [6.45, 7) is 5.68. The van der Waals surface area contributed by atoms with E-state index in [0.29, 0.717) is 5.90 Å². The van der Waals surface area contributed by atoms with Gasteiger partial charge in [0, 0.05) is 5.56 Å². The Labute approximate surface area is 114 Å². The van der Waals surface area contributed by atoms with Crippen molar-refractivity contribution in [2.24, 2.45) is 4.99 Å². The van der Waals surface area contributed by atoms with Crippen molar-refractivity contribution in [3.8, 4) is 0 Å². The second-order valence-corrected chi connectivity index (χ2v) is 4.18. The highest BCUT2D eigenvalue weighted by molar-refractivity contribution is 5.95. The molecule has 2 aromatic rings. The van der Waals surface area contributed by atoms with Crippen molar-refractivity contribution in [3.05, 3.63) is 78.9 Å². The van der Waals surface area contributed by atoms with Crippen LogP contribution in [-0.2, 0) is 4.74 Å². The summed E-state index contributed by atoms with van der Waals surface area (Å²) in [5, 5.41) is 0. The minimum atomic E-state index is -0.0809. The van der Waals surface area contributed by atoms with Crippen LogP contribution in [0.2, 0.25) is 0 Å². The molecule has 2 aromatic carbocycles. The highest BCUT2D eigenvalue weighted by atomic mass is 16.5. The molecular weight excluding hydrogens is 234 g/mol. The molecular formula is C17H17NO. The van der Waals surface area contributed by atoms with Crippen LogP contribution in [0.1, 0.15) is 12.5 Å². The summed E-state index contributed by atoms with van der Waals surface area (Å²) >= 11 is 0. The SMILES string of the molecule is C=CC(C)OC(=Nc1ccccc1)c1ccccc1. The number of ether oxygens (including phenoxy) is 1. The molecule has 0 heterocycles. The molecule has 0 aromatic heterocycles. The van der Waals surface area contributed by atoms with Gasteiger partial charge in [-0.25, -0.2) is 4.99 Å². The molecule has 96 valence electrons. The quantitative estimate of drug-likeness (QED) is 0.449. The lowest BCUT2D eigenvalue weighted by Gasteiger charge is -2.13. The predicted molar refractivity (Wildman–Crippen MR) is 79.8 cm³/mol. The maximum atomic E-state index is 5.82. The van der Waals surface area contributed by atoms with Crippen LogP contribution in [0.25, 0.3) is 0 Å². The fourth-order valence-corrected chi connectivity index (χ4v) is 1.58. The van der Waals surface area contributed by atoms with Gasteiger partial charge in [-0.15, -0.1) is 0 Å². The Kier molecular flexibility index (Phi) is 4.51. The summed E-state index contributed by atoms with van der Waals surface area (Å²) in [6.07, 6.45) is 1.67. The van der Waals surface area contributed by atoms with Gasteiger partial charge in [0.2, 0.25) is 5.90 Å². The Balaban J connectivity index is 2.34. The van der Waals surface area contributed by atoms with Crippen molar-refractivity contribution >= 4 is 11.6 Å². The number of para-hydroxylation sites is 1. The van der Waals surface area contributed by atoms with Crippen molar-refractivity contribution in [1.82, 2.24) is 0 Å². The molecule has 2 rings (SSSR count). The largest absolute Gasteiger partial charge is 0.470 e. The van der Waals surface area contributed by atoms with Crippen LogP contribution in [0.4, 0.5) is 5.69 Å². The average molecular weight is 251 g/mol. The zero-order valence-electron chi connectivity index (χ0n) is 11.0. The first-order valence-corrected chi connectivity index (χ1v) is 6.28. The number of rotatable bonds is 4. The fraction of sp³-hybridized carbons (Fsp3) is 0.118. The van der Waals surface area contributed by atoms with Gasteiger partial charge in [-0.3, -0.25) is 0 Å². The Hall–Kier alpha value is -2.35. The molecule has 0 saturated heterocycles.